The lowest BCUT2D eigenvalue weighted by Crippen LogP contribution is -2.54. The van der Waals surface area contributed by atoms with Crippen molar-refractivity contribution >= 4 is 17.7 Å². The van der Waals surface area contributed by atoms with E-state index in [9.17, 15) is 14.4 Å². The van der Waals surface area contributed by atoms with Gasteiger partial charge in [0.2, 0.25) is 0 Å². The Morgan fingerprint density at radius 2 is 2.00 bits per heavy atom. The van der Waals surface area contributed by atoms with E-state index in [1.54, 1.807) is 24.3 Å². The summed E-state index contributed by atoms with van der Waals surface area (Å²) in [5.41, 5.74) is -0.365. The van der Waals surface area contributed by atoms with E-state index < -0.39 is 11.6 Å². The first kappa shape index (κ1) is 17.5. The number of hydrogen-bond acceptors (Lipinski definition) is 4. The van der Waals surface area contributed by atoms with Crippen LogP contribution in [0.4, 0.5) is 4.79 Å². The number of Topliss-reactive ketones (excluding diaryl/α,β-unsaturated/α-hetero) is 1. The number of ether oxygens (including phenoxy) is 1. The lowest BCUT2D eigenvalue weighted by molar-refractivity contribution is -0.133. The molecule has 0 unspecified atom stereocenters. The third kappa shape index (κ3) is 3.13. The molecule has 0 radical (unpaired) electrons. The van der Waals surface area contributed by atoms with Crippen molar-refractivity contribution in [1.29, 1.82) is 0 Å². The molecule has 0 bridgehead atoms. The second kappa shape index (κ2) is 6.86. The molecule has 25 heavy (non-hydrogen) atoms. The Morgan fingerprint density at radius 3 is 2.64 bits per heavy atom. The number of carbonyl (C=O) groups is 3. The fraction of sp³-hybridized carbons (Fsp3) is 0.526. The quantitative estimate of drug-likeness (QED) is 0.658. The lowest BCUT2D eigenvalue weighted by Gasteiger charge is -2.36. The number of rotatable bonds is 5. The van der Waals surface area contributed by atoms with E-state index in [1.807, 2.05) is 13.8 Å². The van der Waals surface area contributed by atoms with E-state index in [0.29, 0.717) is 24.3 Å². The molecule has 2 fully saturated rings. The maximum atomic E-state index is 12.9. The Morgan fingerprint density at radius 1 is 1.28 bits per heavy atom. The van der Waals surface area contributed by atoms with Crippen LogP contribution < -0.4 is 10.1 Å². The summed E-state index contributed by atoms with van der Waals surface area (Å²) in [5, 5.41) is 2.87. The SMILES string of the molecule is CCOc1ccc(C(=O)CN2C(=O)N[C@]3(CCCC[C@@H]3C)C2=O)cc1. The molecular formula is C19H24N2O4. The van der Waals surface area contributed by atoms with Crippen LogP contribution >= 0.6 is 0 Å². The van der Waals surface area contributed by atoms with Gasteiger partial charge in [0.15, 0.2) is 5.78 Å². The first-order valence-corrected chi connectivity index (χ1v) is 8.88. The zero-order valence-corrected chi connectivity index (χ0v) is 14.7. The molecule has 0 aromatic heterocycles. The summed E-state index contributed by atoms with van der Waals surface area (Å²) in [6, 6.07) is 6.29. The highest BCUT2D eigenvalue weighted by Crippen LogP contribution is 2.38. The Hall–Kier alpha value is -2.37. The fourth-order valence-corrected chi connectivity index (χ4v) is 3.78. The zero-order chi connectivity index (χ0) is 18.0. The number of urea groups is 1. The normalized spacial score (nSPS) is 26.0. The predicted octanol–water partition coefficient (Wildman–Crippen LogP) is 2.77. The summed E-state index contributed by atoms with van der Waals surface area (Å²) < 4.78 is 5.36. The molecule has 1 aromatic rings. The van der Waals surface area contributed by atoms with E-state index in [1.165, 1.54) is 0 Å². The predicted molar refractivity (Wildman–Crippen MR) is 92.5 cm³/mol. The van der Waals surface area contributed by atoms with Crippen LogP contribution in [0.2, 0.25) is 0 Å². The van der Waals surface area contributed by atoms with E-state index in [4.69, 9.17) is 4.74 Å². The molecule has 2 atom stereocenters. The van der Waals surface area contributed by atoms with Gasteiger partial charge in [0, 0.05) is 5.56 Å². The van der Waals surface area contributed by atoms with Gasteiger partial charge >= 0.3 is 6.03 Å². The van der Waals surface area contributed by atoms with Crippen molar-refractivity contribution in [2.24, 2.45) is 5.92 Å². The molecule has 1 aliphatic carbocycles. The van der Waals surface area contributed by atoms with Crippen LogP contribution in [0.15, 0.2) is 24.3 Å². The van der Waals surface area contributed by atoms with Gasteiger partial charge in [-0.3, -0.25) is 14.5 Å². The number of ketones is 1. The maximum absolute atomic E-state index is 12.9. The highest BCUT2D eigenvalue weighted by atomic mass is 16.5. The molecule has 6 nitrogen and oxygen atoms in total. The Bertz CT molecular complexity index is 685. The van der Waals surface area contributed by atoms with Crippen molar-refractivity contribution in [1.82, 2.24) is 10.2 Å². The van der Waals surface area contributed by atoms with Crippen LogP contribution in [0, 0.1) is 5.92 Å². The Balaban J connectivity index is 1.72. The summed E-state index contributed by atoms with van der Waals surface area (Å²) in [6.07, 6.45) is 3.54. The average molecular weight is 344 g/mol. The number of nitrogens with zero attached hydrogens (tertiary/aromatic N) is 1. The van der Waals surface area contributed by atoms with Gasteiger partial charge in [-0.05, 0) is 49.9 Å². The fourth-order valence-electron chi connectivity index (χ4n) is 3.78. The van der Waals surface area contributed by atoms with E-state index in [2.05, 4.69) is 5.32 Å². The van der Waals surface area contributed by atoms with Crippen LogP contribution in [0.25, 0.3) is 0 Å². The first-order valence-electron chi connectivity index (χ1n) is 8.88. The van der Waals surface area contributed by atoms with E-state index >= 15 is 0 Å². The van der Waals surface area contributed by atoms with Crippen molar-refractivity contribution in [2.45, 2.75) is 45.1 Å². The topological polar surface area (TPSA) is 75.7 Å². The van der Waals surface area contributed by atoms with Crippen LogP contribution in [0.1, 0.15) is 49.9 Å². The molecule has 1 N–H and O–H groups in total. The second-order valence-corrected chi connectivity index (χ2v) is 6.82. The summed E-state index contributed by atoms with van der Waals surface area (Å²) in [6.45, 7) is 4.21. The average Bonchev–Trinajstić information content (AvgIpc) is 2.83. The monoisotopic (exact) mass is 344 g/mol. The first-order chi connectivity index (χ1) is 12.0. The number of amides is 3. The smallest absolute Gasteiger partial charge is 0.325 e. The molecule has 1 saturated heterocycles. The molecule has 2 aliphatic rings. The second-order valence-electron chi connectivity index (χ2n) is 6.82. The molecule has 1 saturated carbocycles. The number of imide groups is 1. The number of benzene rings is 1. The highest BCUT2D eigenvalue weighted by Gasteiger charge is 2.55. The third-order valence-corrected chi connectivity index (χ3v) is 5.29. The minimum Gasteiger partial charge on any atom is -0.494 e. The maximum Gasteiger partial charge on any atom is 0.325 e. The minimum absolute atomic E-state index is 0.0864. The molecule has 3 amide bonds. The molecule has 1 aromatic carbocycles. The van der Waals surface area contributed by atoms with E-state index in [-0.39, 0.29) is 24.2 Å². The molecular weight excluding hydrogens is 320 g/mol. The number of carbonyl (C=O) groups excluding carboxylic acids is 3. The number of nitrogens with one attached hydrogen (secondary N) is 1. The Labute approximate surface area is 147 Å². The molecule has 1 spiro atoms. The summed E-state index contributed by atoms with van der Waals surface area (Å²) in [7, 11) is 0. The number of hydrogen-bond donors (Lipinski definition) is 1. The van der Waals surface area contributed by atoms with Crippen molar-refractivity contribution in [2.75, 3.05) is 13.2 Å². The van der Waals surface area contributed by atoms with Crippen molar-refractivity contribution in [3.05, 3.63) is 29.8 Å². The summed E-state index contributed by atoms with van der Waals surface area (Å²) >= 11 is 0. The van der Waals surface area contributed by atoms with Crippen LogP contribution in [0.3, 0.4) is 0 Å². The largest absolute Gasteiger partial charge is 0.494 e. The van der Waals surface area contributed by atoms with Crippen molar-refractivity contribution in [3.8, 4) is 5.75 Å². The standard InChI is InChI=1S/C19H24N2O4/c1-3-25-15-9-7-14(8-10-15)16(22)12-21-17(23)19(20-18(21)24)11-5-4-6-13(19)2/h7-10,13H,3-6,11-12H2,1-2H3,(H,20,24)/t13-,19-/m0/s1. The van der Waals surface area contributed by atoms with E-state index in [0.717, 1.165) is 24.2 Å². The van der Waals surface area contributed by atoms with Crippen LogP contribution in [0.5, 0.6) is 5.75 Å². The lowest BCUT2D eigenvalue weighted by atomic mass is 9.73. The molecule has 6 heteroatoms. The molecule has 134 valence electrons. The van der Waals surface area contributed by atoms with Gasteiger partial charge in [-0.25, -0.2) is 4.79 Å². The van der Waals surface area contributed by atoms with Gasteiger partial charge in [0.1, 0.15) is 11.3 Å². The minimum atomic E-state index is -0.825. The highest BCUT2D eigenvalue weighted by molar-refractivity contribution is 6.11. The Kier molecular flexibility index (Phi) is 4.79. The van der Waals surface area contributed by atoms with Crippen LogP contribution in [-0.2, 0) is 4.79 Å². The van der Waals surface area contributed by atoms with Gasteiger partial charge in [0.05, 0.1) is 13.2 Å². The van der Waals surface area contributed by atoms with Gasteiger partial charge < -0.3 is 10.1 Å². The van der Waals surface area contributed by atoms with Crippen molar-refractivity contribution in [3.63, 3.8) is 0 Å². The molecule has 3 rings (SSSR count). The van der Waals surface area contributed by atoms with Gasteiger partial charge in [-0.2, -0.15) is 0 Å². The summed E-state index contributed by atoms with van der Waals surface area (Å²) in [5.74, 6) is 0.253. The molecule has 1 heterocycles. The third-order valence-electron chi connectivity index (χ3n) is 5.29. The summed E-state index contributed by atoms with van der Waals surface area (Å²) in [4.78, 5) is 38.8. The zero-order valence-electron chi connectivity index (χ0n) is 14.7. The van der Waals surface area contributed by atoms with Gasteiger partial charge in [-0.15, -0.1) is 0 Å². The van der Waals surface area contributed by atoms with Crippen molar-refractivity contribution < 1.29 is 19.1 Å². The molecule has 1 aliphatic heterocycles. The van der Waals surface area contributed by atoms with Gasteiger partial charge in [0.25, 0.3) is 5.91 Å². The van der Waals surface area contributed by atoms with Gasteiger partial charge in [-0.1, -0.05) is 19.8 Å². The van der Waals surface area contributed by atoms with Crippen LogP contribution in [-0.4, -0.2) is 41.3 Å².